The summed E-state index contributed by atoms with van der Waals surface area (Å²) in [6.45, 7) is 2.26. The number of carboxylic acid groups (broad SMARTS) is 1. The maximum absolute atomic E-state index is 12.1. The van der Waals surface area contributed by atoms with Crippen LogP contribution in [0.5, 0.6) is 0 Å². The second-order valence-electron chi connectivity index (χ2n) is 4.77. The highest BCUT2D eigenvalue weighted by Gasteiger charge is 2.36. The van der Waals surface area contributed by atoms with Crippen LogP contribution in [-0.4, -0.2) is 55.5 Å². The average Bonchev–Trinajstić information content (AvgIpc) is 2.44. The zero-order chi connectivity index (χ0) is 15.9. The summed E-state index contributed by atoms with van der Waals surface area (Å²) in [7, 11) is -3.84. The largest absolute Gasteiger partial charge is 0.480 e. The molecule has 0 aromatic heterocycles. The van der Waals surface area contributed by atoms with E-state index in [0.717, 1.165) is 4.31 Å². The van der Waals surface area contributed by atoms with Crippen molar-refractivity contribution in [1.82, 2.24) is 9.03 Å². The molecule has 0 aromatic carbocycles. The number of esters is 1. The van der Waals surface area contributed by atoms with E-state index in [0.29, 0.717) is 32.3 Å². The molecule has 1 aliphatic heterocycles. The number of hydrogen-bond acceptors (Lipinski definition) is 5. The Morgan fingerprint density at radius 1 is 1.38 bits per heavy atom. The number of ether oxygens (including phenoxy) is 1. The molecule has 1 fully saturated rings. The van der Waals surface area contributed by atoms with Gasteiger partial charge >= 0.3 is 11.9 Å². The maximum atomic E-state index is 12.1. The van der Waals surface area contributed by atoms with E-state index in [1.165, 1.54) is 0 Å². The van der Waals surface area contributed by atoms with Crippen LogP contribution in [0.2, 0.25) is 0 Å². The number of aliphatic carboxylic acids is 1. The fourth-order valence-electron chi connectivity index (χ4n) is 2.19. The summed E-state index contributed by atoms with van der Waals surface area (Å²) < 4.78 is 32.3. The average molecular weight is 322 g/mol. The van der Waals surface area contributed by atoms with Gasteiger partial charge in [0.15, 0.2) is 0 Å². The van der Waals surface area contributed by atoms with Crippen LogP contribution in [0.3, 0.4) is 0 Å². The summed E-state index contributed by atoms with van der Waals surface area (Å²) in [6, 6.07) is -1.01. The number of nitrogens with one attached hydrogen (secondary N) is 1. The summed E-state index contributed by atoms with van der Waals surface area (Å²) in [5.41, 5.74) is 0. The van der Waals surface area contributed by atoms with E-state index >= 15 is 0 Å². The van der Waals surface area contributed by atoms with E-state index in [2.05, 4.69) is 4.72 Å². The van der Waals surface area contributed by atoms with Crippen molar-refractivity contribution in [2.75, 3.05) is 19.7 Å². The van der Waals surface area contributed by atoms with Gasteiger partial charge in [0.2, 0.25) is 0 Å². The monoisotopic (exact) mass is 322 g/mol. The molecule has 0 aromatic rings. The van der Waals surface area contributed by atoms with E-state index in [4.69, 9.17) is 9.84 Å². The van der Waals surface area contributed by atoms with E-state index in [1.807, 2.05) is 0 Å². The first-order chi connectivity index (χ1) is 9.88. The Balaban J connectivity index is 2.48. The van der Waals surface area contributed by atoms with E-state index in [9.17, 15) is 18.0 Å². The first-order valence-electron chi connectivity index (χ1n) is 7.03. The van der Waals surface area contributed by atoms with Crippen LogP contribution < -0.4 is 4.72 Å². The predicted molar refractivity (Wildman–Crippen MR) is 74.8 cm³/mol. The molecular weight excluding hydrogens is 300 g/mol. The minimum atomic E-state index is -3.84. The zero-order valence-electron chi connectivity index (χ0n) is 12.1. The van der Waals surface area contributed by atoms with Gasteiger partial charge in [-0.2, -0.15) is 12.7 Å². The molecular formula is C12H22N2O6S. The normalized spacial score (nSPS) is 20.1. The summed E-state index contributed by atoms with van der Waals surface area (Å²) >= 11 is 0. The Morgan fingerprint density at radius 2 is 2.10 bits per heavy atom. The molecule has 1 rings (SSSR count). The van der Waals surface area contributed by atoms with Gasteiger partial charge in [-0.05, 0) is 32.6 Å². The number of nitrogens with zero attached hydrogens (tertiary/aromatic N) is 1. The van der Waals surface area contributed by atoms with Crippen LogP contribution in [0.1, 0.15) is 39.0 Å². The van der Waals surface area contributed by atoms with Crippen LogP contribution in [0.4, 0.5) is 0 Å². The van der Waals surface area contributed by atoms with Crippen molar-refractivity contribution >= 4 is 22.1 Å². The predicted octanol–water partition coefficient (Wildman–Crippen LogP) is 0.103. The number of rotatable bonds is 8. The highest BCUT2D eigenvalue weighted by Crippen LogP contribution is 2.19. The number of carboxylic acids is 1. The van der Waals surface area contributed by atoms with Crippen LogP contribution in [0.25, 0.3) is 0 Å². The molecule has 0 amide bonds. The van der Waals surface area contributed by atoms with Gasteiger partial charge in [-0.15, -0.1) is 0 Å². The SMILES string of the molecule is CCOC(=O)CCCNS(=O)(=O)N1CCCCC1C(=O)O. The summed E-state index contributed by atoms with van der Waals surface area (Å²) in [5.74, 6) is -1.51. The minimum Gasteiger partial charge on any atom is -0.480 e. The lowest BCUT2D eigenvalue weighted by molar-refractivity contribution is -0.143. The molecule has 0 radical (unpaired) electrons. The molecule has 122 valence electrons. The molecule has 0 spiro atoms. The van der Waals surface area contributed by atoms with Gasteiger partial charge in [-0.1, -0.05) is 0 Å². The quantitative estimate of drug-likeness (QED) is 0.484. The molecule has 21 heavy (non-hydrogen) atoms. The summed E-state index contributed by atoms with van der Waals surface area (Å²) in [6.07, 6.45) is 2.10. The Hall–Kier alpha value is -1.19. The third kappa shape index (κ3) is 5.60. The van der Waals surface area contributed by atoms with E-state index < -0.39 is 22.2 Å². The second kappa shape index (κ2) is 8.30. The fourth-order valence-corrected chi connectivity index (χ4v) is 3.66. The first kappa shape index (κ1) is 17.9. The van der Waals surface area contributed by atoms with Crippen molar-refractivity contribution in [2.45, 2.75) is 45.1 Å². The van der Waals surface area contributed by atoms with Crippen LogP contribution >= 0.6 is 0 Å². The molecule has 0 aliphatic carbocycles. The molecule has 1 atom stereocenters. The molecule has 2 N–H and O–H groups in total. The topological polar surface area (TPSA) is 113 Å². The van der Waals surface area contributed by atoms with Crippen molar-refractivity contribution in [2.24, 2.45) is 0 Å². The van der Waals surface area contributed by atoms with Gasteiger partial charge < -0.3 is 9.84 Å². The summed E-state index contributed by atoms with van der Waals surface area (Å²) in [4.78, 5) is 22.2. The molecule has 9 heteroatoms. The lowest BCUT2D eigenvalue weighted by Gasteiger charge is -2.31. The standard InChI is InChI=1S/C12H22N2O6S/c1-2-20-11(15)7-5-8-13-21(18,19)14-9-4-3-6-10(14)12(16)17/h10,13H,2-9H2,1H3,(H,16,17). The minimum absolute atomic E-state index is 0.0734. The fraction of sp³-hybridized carbons (Fsp3) is 0.833. The third-order valence-corrected chi connectivity index (χ3v) is 4.82. The number of piperidine rings is 1. The maximum Gasteiger partial charge on any atom is 0.322 e. The van der Waals surface area contributed by atoms with Crippen molar-refractivity contribution in [3.63, 3.8) is 0 Å². The van der Waals surface area contributed by atoms with E-state index in [1.54, 1.807) is 6.92 Å². The van der Waals surface area contributed by atoms with Crippen molar-refractivity contribution < 1.29 is 27.9 Å². The number of carbonyl (C=O) groups excluding carboxylic acids is 1. The zero-order valence-corrected chi connectivity index (χ0v) is 12.9. The van der Waals surface area contributed by atoms with Gasteiger partial charge in [-0.3, -0.25) is 9.59 Å². The van der Waals surface area contributed by atoms with Crippen molar-refractivity contribution in [3.8, 4) is 0 Å². The smallest absolute Gasteiger partial charge is 0.322 e. The van der Waals surface area contributed by atoms with Gasteiger partial charge in [0, 0.05) is 19.5 Å². The molecule has 1 aliphatic rings. The Morgan fingerprint density at radius 3 is 2.71 bits per heavy atom. The Bertz CT molecular complexity index is 464. The molecule has 0 saturated carbocycles. The van der Waals surface area contributed by atoms with E-state index in [-0.39, 0.29) is 25.5 Å². The molecule has 0 bridgehead atoms. The molecule has 1 unspecified atom stereocenters. The highest BCUT2D eigenvalue weighted by atomic mass is 32.2. The van der Waals surface area contributed by atoms with Gasteiger partial charge in [0.25, 0.3) is 10.2 Å². The van der Waals surface area contributed by atoms with Crippen molar-refractivity contribution in [1.29, 1.82) is 0 Å². The number of carbonyl (C=O) groups is 2. The third-order valence-electron chi connectivity index (χ3n) is 3.19. The Labute approximate surface area is 124 Å². The molecule has 1 heterocycles. The van der Waals surface area contributed by atoms with Crippen LogP contribution in [0.15, 0.2) is 0 Å². The Kier molecular flexibility index (Phi) is 7.06. The second-order valence-corrected chi connectivity index (χ2v) is 6.48. The highest BCUT2D eigenvalue weighted by molar-refractivity contribution is 7.87. The van der Waals surface area contributed by atoms with Crippen LogP contribution in [0, 0.1) is 0 Å². The van der Waals surface area contributed by atoms with Crippen molar-refractivity contribution in [3.05, 3.63) is 0 Å². The van der Waals surface area contributed by atoms with Crippen LogP contribution in [-0.2, 0) is 24.5 Å². The summed E-state index contributed by atoms with van der Waals surface area (Å²) in [5, 5.41) is 9.08. The lowest BCUT2D eigenvalue weighted by Crippen LogP contribution is -2.52. The van der Waals surface area contributed by atoms with Gasteiger partial charge in [-0.25, -0.2) is 4.72 Å². The molecule has 8 nitrogen and oxygen atoms in total. The molecule has 1 saturated heterocycles. The number of hydrogen-bond donors (Lipinski definition) is 2. The van der Waals surface area contributed by atoms with Gasteiger partial charge in [0.05, 0.1) is 6.61 Å². The van der Waals surface area contributed by atoms with Gasteiger partial charge in [0.1, 0.15) is 6.04 Å². The first-order valence-corrected chi connectivity index (χ1v) is 8.47. The lowest BCUT2D eigenvalue weighted by atomic mass is 10.1.